The predicted octanol–water partition coefficient (Wildman–Crippen LogP) is 7.06. The van der Waals surface area contributed by atoms with Gasteiger partial charge in [0.25, 0.3) is 0 Å². The van der Waals surface area contributed by atoms with E-state index in [0.29, 0.717) is 16.7 Å². The second kappa shape index (κ2) is 14.2. The van der Waals surface area contributed by atoms with Crippen molar-refractivity contribution in [2.24, 2.45) is 0 Å². The molecule has 3 nitrogen and oxygen atoms in total. The van der Waals surface area contributed by atoms with E-state index in [-0.39, 0.29) is 17.2 Å². The maximum absolute atomic E-state index is 9.51. The Morgan fingerprint density at radius 1 is 0.464 bits per heavy atom. The highest BCUT2D eigenvalue weighted by atomic mass is 16.3. The molecule has 0 saturated carbocycles. The van der Waals surface area contributed by atoms with Gasteiger partial charge >= 0.3 is 0 Å². The van der Waals surface area contributed by atoms with Crippen LogP contribution in [0.25, 0.3) is 0 Å². The van der Waals surface area contributed by atoms with Crippen molar-refractivity contribution in [2.75, 3.05) is 0 Å². The minimum absolute atomic E-state index is 0.132. The maximum atomic E-state index is 9.51. The first-order chi connectivity index (χ1) is 14.0. The molecule has 0 saturated heterocycles. The molecule has 3 rings (SSSR count). The van der Waals surface area contributed by atoms with Gasteiger partial charge in [0, 0.05) is 7.26 Å². The van der Waals surface area contributed by atoms with Gasteiger partial charge in [-0.1, -0.05) is 77.9 Å². The fourth-order valence-corrected chi connectivity index (χ4v) is 2.38. The van der Waals surface area contributed by atoms with Crippen LogP contribution >= 0.6 is 0 Å². The Hall–Kier alpha value is -2.94. The summed E-state index contributed by atoms with van der Waals surface area (Å²) in [6.45, 7) is 12.0. The monoisotopic (exact) mass is 384 g/mol. The van der Waals surface area contributed by atoms with E-state index in [1.54, 1.807) is 72.8 Å². The Bertz CT molecular complexity index is 684. The van der Waals surface area contributed by atoms with Crippen molar-refractivity contribution in [2.45, 2.75) is 47.4 Å². The summed E-state index contributed by atoms with van der Waals surface area (Å²) in [6, 6.07) is 19.4. The molecular weight excluding hydrogens is 348 g/mol. The minimum Gasteiger partial charge on any atom is -0.508 e. The van der Waals surface area contributed by atoms with Gasteiger partial charge in [-0.05, 0) is 53.1 Å². The van der Waals surface area contributed by atoms with E-state index in [1.165, 1.54) is 0 Å². The average molecular weight is 385 g/mol. The summed E-state index contributed by atoms with van der Waals surface area (Å²) >= 11 is 0. The Morgan fingerprint density at radius 2 is 0.643 bits per heavy atom. The molecule has 3 heteroatoms. The third-order valence-corrected chi connectivity index (χ3v) is 3.47. The first-order valence-electron chi connectivity index (χ1n) is 10.4. The van der Waals surface area contributed by atoms with Crippen molar-refractivity contribution in [3.8, 4) is 17.2 Å². The number of aromatic hydroxyl groups is 3. The topological polar surface area (TPSA) is 60.7 Å². The predicted molar refractivity (Wildman–Crippen MR) is 119 cm³/mol. The Labute approximate surface area is 171 Å². The summed E-state index contributed by atoms with van der Waals surface area (Å²) in [5, 5.41) is 28.5. The summed E-state index contributed by atoms with van der Waals surface area (Å²) < 4.78 is 9.11. The van der Waals surface area contributed by atoms with Gasteiger partial charge in [-0.2, -0.15) is 0 Å². The van der Waals surface area contributed by atoms with Crippen LogP contribution in [-0.4, -0.2) is 15.3 Å². The van der Waals surface area contributed by atoms with Gasteiger partial charge in [0.15, 0.2) is 0 Å². The molecular formula is C25H34O3. The van der Waals surface area contributed by atoms with Crippen molar-refractivity contribution in [3.63, 3.8) is 0 Å². The molecule has 152 valence electrons. The van der Waals surface area contributed by atoms with Gasteiger partial charge in [-0.25, -0.2) is 0 Å². The molecule has 28 heavy (non-hydrogen) atoms. The molecule has 0 fully saturated rings. The van der Waals surface area contributed by atoms with Gasteiger partial charge < -0.3 is 15.3 Å². The highest BCUT2D eigenvalue weighted by molar-refractivity contribution is 5.46. The third-order valence-electron chi connectivity index (χ3n) is 3.47. The van der Waals surface area contributed by atoms with Crippen LogP contribution in [0.15, 0.2) is 72.8 Å². The number of rotatable bonds is 3. The zero-order chi connectivity index (χ0) is 22.4. The number of phenolic OH excluding ortho intramolecular Hbond substituents is 3. The lowest BCUT2D eigenvalue weighted by atomic mass is 9.85. The van der Waals surface area contributed by atoms with Crippen molar-refractivity contribution in [1.29, 1.82) is 0 Å². The summed E-state index contributed by atoms with van der Waals surface area (Å²) in [6.07, 6.45) is 0. The summed E-state index contributed by atoms with van der Waals surface area (Å²) in [4.78, 5) is 0. The molecule has 0 unspecified atom stereocenters. The van der Waals surface area contributed by atoms with Crippen molar-refractivity contribution in [3.05, 3.63) is 89.5 Å². The lowest BCUT2D eigenvalue weighted by molar-refractivity contribution is 0.475. The van der Waals surface area contributed by atoms with Gasteiger partial charge in [-0.3, -0.25) is 0 Å². The molecule has 3 N–H and O–H groups in total. The van der Waals surface area contributed by atoms with Gasteiger partial charge in [0.2, 0.25) is 0 Å². The zero-order valence-corrected chi connectivity index (χ0v) is 17.8. The maximum Gasteiger partial charge on any atom is 0.115 e. The minimum atomic E-state index is -1.23. The smallest absolute Gasteiger partial charge is 0.115 e. The van der Waals surface area contributed by atoms with Crippen LogP contribution in [0, 0.1) is 0 Å². The van der Waals surface area contributed by atoms with Gasteiger partial charge in [0.1, 0.15) is 17.2 Å². The zero-order valence-electron chi connectivity index (χ0n) is 18.8. The number of phenols is 3. The summed E-state index contributed by atoms with van der Waals surface area (Å²) in [5.74, 6) is -0.831. The Kier molecular flexibility index (Phi) is 11.7. The van der Waals surface area contributed by atoms with Crippen LogP contribution in [-0.2, 0) is 0 Å². The van der Waals surface area contributed by atoms with E-state index in [2.05, 4.69) is 0 Å². The normalized spacial score (nSPS) is 10.0. The summed E-state index contributed by atoms with van der Waals surface area (Å²) in [5.41, 5.74) is 2.02. The van der Waals surface area contributed by atoms with Crippen LogP contribution in [0.2, 0.25) is 0 Å². The molecule has 0 aliphatic rings. The highest BCUT2D eigenvalue weighted by Gasteiger charge is 2.16. The second-order valence-electron chi connectivity index (χ2n) is 5.02. The first kappa shape index (κ1) is 23.1. The SMILES string of the molecule is CC.CC.CC.[3H]C(c1ccc(O)cc1)(c1ccc(O)cc1)c1ccc(O)cc1. The molecule has 0 bridgehead atoms. The molecule has 0 spiro atoms. The van der Waals surface area contributed by atoms with Crippen molar-refractivity contribution < 1.29 is 16.7 Å². The third kappa shape index (κ3) is 7.36. The fraction of sp³-hybridized carbons (Fsp3) is 0.280. The molecule has 3 aromatic carbocycles. The van der Waals surface area contributed by atoms with E-state index < -0.39 is 5.89 Å². The molecule has 0 heterocycles. The molecule has 3 aromatic rings. The van der Waals surface area contributed by atoms with Crippen LogP contribution in [0.4, 0.5) is 0 Å². The van der Waals surface area contributed by atoms with E-state index >= 15 is 0 Å². The van der Waals surface area contributed by atoms with Gasteiger partial charge in [-0.15, -0.1) is 0 Å². The van der Waals surface area contributed by atoms with Crippen LogP contribution in [0.5, 0.6) is 17.2 Å². The van der Waals surface area contributed by atoms with E-state index in [1.807, 2.05) is 41.5 Å². The Morgan fingerprint density at radius 3 is 0.821 bits per heavy atom. The lowest BCUT2D eigenvalue weighted by Gasteiger charge is -2.19. The molecule has 0 aliphatic heterocycles. The van der Waals surface area contributed by atoms with E-state index in [9.17, 15) is 15.3 Å². The van der Waals surface area contributed by atoms with Crippen molar-refractivity contribution in [1.82, 2.24) is 0 Å². The van der Waals surface area contributed by atoms with E-state index in [4.69, 9.17) is 1.37 Å². The van der Waals surface area contributed by atoms with Crippen LogP contribution in [0.3, 0.4) is 0 Å². The van der Waals surface area contributed by atoms with E-state index in [0.717, 1.165) is 0 Å². The Balaban J connectivity index is 0.00000120. The summed E-state index contributed by atoms with van der Waals surface area (Å²) in [7, 11) is 0. The average Bonchev–Trinajstić information content (AvgIpc) is 2.79. The fourth-order valence-electron chi connectivity index (χ4n) is 2.38. The van der Waals surface area contributed by atoms with Gasteiger partial charge in [0.05, 0.1) is 0 Å². The number of hydrogen-bond acceptors (Lipinski definition) is 3. The molecule has 0 atom stereocenters. The van der Waals surface area contributed by atoms with Crippen molar-refractivity contribution >= 4 is 0 Å². The molecule has 0 amide bonds. The first-order valence-corrected chi connectivity index (χ1v) is 9.88. The largest absolute Gasteiger partial charge is 0.508 e. The van der Waals surface area contributed by atoms with Crippen LogP contribution < -0.4 is 0 Å². The highest BCUT2D eigenvalue weighted by Crippen LogP contribution is 2.34. The standard InChI is InChI=1S/C19H16O3.3C2H6/c20-16-7-1-13(2-8-16)19(14-3-9-17(21)10-4-14)15-5-11-18(22)12-6-15;3*1-2/h1-12,19-22H;3*1-2H3/i19T;;;. The number of hydrogen-bond donors (Lipinski definition) is 3. The lowest BCUT2D eigenvalue weighted by Crippen LogP contribution is -2.03. The molecule has 0 aliphatic carbocycles. The number of benzene rings is 3. The quantitative estimate of drug-likeness (QED) is 0.423. The van der Waals surface area contributed by atoms with Crippen LogP contribution in [0.1, 0.15) is 65.5 Å². The molecule has 0 aromatic heterocycles. The molecule has 0 radical (unpaired) electrons. The second-order valence-corrected chi connectivity index (χ2v) is 5.02.